The van der Waals surface area contributed by atoms with Gasteiger partial charge in [0, 0.05) is 17.5 Å². The van der Waals surface area contributed by atoms with Crippen molar-refractivity contribution in [3.05, 3.63) is 12.2 Å². The predicted octanol–water partition coefficient (Wildman–Crippen LogP) is 1.38. The van der Waals surface area contributed by atoms with Crippen molar-refractivity contribution in [2.75, 3.05) is 12.8 Å². The first-order valence-electron chi connectivity index (χ1n) is 4.92. The van der Waals surface area contributed by atoms with Crippen LogP contribution >= 0.6 is 0 Å². The maximum absolute atomic E-state index is 11.5. The van der Waals surface area contributed by atoms with E-state index in [0.29, 0.717) is 6.54 Å². The number of sulfonamides is 1. The van der Waals surface area contributed by atoms with Gasteiger partial charge >= 0.3 is 0 Å². The molecule has 1 aliphatic heterocycles. The zero-order chi connectivity index (χ0) is 10.6. The lowest BCUT2D eigenvalue weighted by atomic mass is 9.59. The minimum absolute atomic E-state index is 0.144. The summed E-state index contributed by atoms with van der Waals surface area (Å²) in [5.74, 6) is 0. The molecule has 4 heteroatoms. The summed E-state index contributed by atoms with van der Waals surface area (Å²) >= 11 is 0. The SMILES string of the molecule is CC12CC=CCC1(C)N(S(C)(=O)=O)C2. The van der Waals surface area contributed by atoms with Crippen LogP contribution in [0.25, 0.3) is 0 Å². The van der Waals surface area contributed by atoms with Gasteiger partial charge in [0.1, 0.15) is 0 Å². The summed E-state index contributed by atoms with van der Waals surface area (Å²) < 4.78 is 24.7. The van der Waals surface area contributed by atoms with Crippen LogP contribution in [0.2, 0.25) is 0 Å². The Kier molecular flexibility index (Phi) is 1.90. The molecule has 0 amide bonds. The molecule has 0 bridgehead atoms. The first kappa shape index (κ1) is 10.2. The number of hydrogen-bond donors (Lipinski definition) is 0. The van der Waals surface area contributed by atoms with Gasteiger partial charge in [0.15, 0.2) is 0 Å². The lowest BCUT2D eigenvalue weighted by Gasteiger charge is -2.63. The van der Waals surface area contributed by atoms with Gasteiger partial charge in [0.05, 0.1) is 6.26 Å². The number of nitrogens with zero attached hydrogens (tertiary/aromatic N) is 1. The van der Waals surface area contributed by atoms with Gasteiger partial charge in [-0.25, -0.2) is 8.42 Å². The van der Waals surface area contributed by atoms with Crippen LogP contribution < -0.4 is 0 Å². The zero-order valence-electron chi connectivity index (χ0n) is 8.95. The van der Waals surface area contributed by atoms with Crippen molar-refractivity contribution >= 4 is 10.0 Å². The fourth-order valence-electron chi connectivity index (χ4n) is 2.64. The van der Waals surface area contributed by atoms with Crippen molar-refractivity contribution in [2.45, 2.75) is 32.2 Å². The lowest BCUT2D eigenvalue weighted by molar-refractivity contribution is -0.0803. The molecule has 0 aromatic heterocycles. The first-order chi connectivity index (χ1) is 6.30. The Labute approximate surface area is 85.8 Å². The van der Waals surface area contributed by atoms with Crippen LogP contribution in [0.4, 0.5) is 0 Å². The zero-order valence-corrected chi connectivity index (χ0v) is 9.76. The van der Waals surface area contributed by atoms with E-state index in [-0.39, 0.29) is 11.0 Å². The third-order valence-electron chi connectivity index (χ3n) is 3.99. The van der Waals surface area contributed by atoms with E-state index in [1.807, 2.05) is 0 Å². The normalized spacial score (nSPS) is 43.1. The van der Waals surface area contributed by atoms with Gasteiger partial charge in [-0.05, 0) is 19.8 Å². The smallest absolute Gasteiger partial charge is 0.211 e. The summed E-state index contributed by atoms with van der Waals surface area (Å²) in [6.07, 6.45) is 7.41. The molecule has 0 spiro atoms. The Balaban J connectivity index is 2.36. The average Bonchev–Trinajstić information content (AvgIpc) is 2.04. The van der Waals surface area contributed by atoms with Crippen molar-refractivity contribution in [1.82, 2.24) is 4.31 Å². The highest BCUT2D eigenvalue weighted by atomic mass is 32.2. The van der Waals surface area contributed by atoms with Crippen LogP contribution in [0, 0.1) is 5.41 Å². The van der Waals surface area contributed by atoms with Crippen LogP contribution in [0.1, 0.15) is 26.7 Å². The number of fused-ring (bicyclic) bond motifs is 1. The minimum atomic E-state index is -3.03. The first-order valence-corrected chi connectivity index (χ1v) is 6.77. The third-order valence-corrected chi connectivity index (χ3v) is 5.33. The molecule has 2 aliphatic rings. The second kappa shape index (κ2) is 2.61. The molecule has 0 N–H and O–H groups in total. The summed E-state index contributed by atoms with van der Waals surface area (Å²) in [5, 5.41) is 0. The minimum Gasteiger partial charge on any atom is -0.212 e. The van der Waals surface area contributed by atoms with Crippen LogP contribution in [0.5, 0.6) is 0 Å². The van der Waals surface area contributed by atoms with E-state index in [1.54, 1.807) is 4.31 Å². The fourth-order valence-corrected chi connectivity index (χ4v) is 4.19. The molecule has 0 aromatic carbocycles. The maximum Gasteiger partial charge on any atom is 0.211 e. The maximum atomic E-state index is 11.5. The van der Waals surface area contributed by atoms with E-state index in [9.17, 15) is 8.42 Å². The summed E-state index contributed by atoms with van der Waals surface area (Å²) in [4.78, 5) is 0. The summed E-state index contributed by atoms with van der Waals surface area (Å²) in [7, 11) is -3.03. The van der Waals surface area contributed by atoms with Gasteiger partial charge in [0.25, 0.3) is 0 Å². The average molecular weight is 215 g/mol. The topological polar surface area (TPSA) is 37.4 Å². The van der Waals surface area contributed by atoms with E-state index >= 15 is 0 Å². The van der Waals surface area contributed by atoms with Gasteiger partial charge in [-0.15, -0.1) is 0 Å². The number of allylic oxidation sites excluding steroid dienone is 1. The molecule has 1 aliphatic carbocycles. The largest absolute Gasteiger partial charge is 0.212 e. The second-order valence-electron chi connectivity index (χ2n) is 4.98. The van der Waals surface area contributed by atoms with Gasteiger partial charge in [-0.1, -0.05) is 19.1 Å². The van der Waals surface area contributed by atoms with Crippen molar-refractivity contribution in [3.63, 3.8) is 0 Å². The Morgan fingerprint density at radius 3 is 2.29 bits per heavy atom. The molecule has 1 heterocycles. The molecule has 0 saturated carbocycles. The van der Waals surface area contributed by atoms with Gasteiger partial charge in [-0.3, -0.25) is 0 Å². The van der Waals surface area contributed by atoms with Crippen LogP contribution in [-0.4, -0.2) is 31.1 Å². The third kappa shape index (κ3) is 1.10. The Bertz CT molecular complexity index is 387. The van der Waals surface area contributed by atoms with E-state index < -0.39 is 10.0 Å². The van der Waals surface area contributed by atoms with Gasteiger partial charge in [0.2, 0.25) is 10.0 Å². The van der Waals surface area contributed by atoms with Crippen molar-refractivity contribution in [3.8, 4) is 0 Å². The highest BCUT2D eigenvalue weighted by Crippen LogP contribution is 2.54. The monoisotopic (exact) mass is 215 g/mol. The quantitative estimate of drug-likeness (QED) is 0.620. The Morgan fingerprint density at radius 1 is 1.21 bits per heavy atom. The van der Waals surface area contributed by atoms with E-state index in [1.165, 1.54) is 6.26 Å². The molecule has 14 heavy (non-hydrogen) atoms. The Morgan fingerprint density at radius 2 is 1.79 bits per heavy atom. The van der Waals surface area contributed by atoms with Crippen LogP contribution in [0.15, 0.2) is 12.2 Å². The highest BCUT2D eigenvalue weighted by Gasteiger charge is 2.61. The highest BCUT2D eigenvalue weighted by molar-refractivity contribution is 7.88. The molecular formula is C10H17NO2S. The summed E-state index contributed by atoms with van der Waals surface area (Å²) in [6, 6.07) is 0. The standard InChI is InChI=1S/C10H17NO2S/c1-9-6-4-5-7-10(9,2)11(8-9)14(3,12)13/h4-5H,6-8H2,1-3H3. The molecule has 80 valence electrons. The van der Waals surface area contributed by atoms with Crippen LogP contribution in [0.3, 0.4) is 0 Å². The molecule has 0 aromatic rings. The fraction of sp³-hybridized carbons (Fsp3) is 0.800. The van der Waals surface area contributed by atoms with Crippen molar-refractivity contribution in [2.24, 2.45) is 5.41 Å². The van der Waals surface area contributed by atoms with Crippen molar-refractivity contribution < 1.29 is 8.42 Å². The second-order valence-corrected chi connectivity index (χ2v) is 6.89. The van der Waals surface area contributed by atoms with E-state index in [2.05, 4.69) is 26.0 Å². The Hall–Kier alpha value is -0.350. The number of rotatable bonds is 1. The van der Waals surface area contributed by atoms with Crippen LogP contribution in [-0.2, 0) is 10.0 Å². The molecule has 0 radical (unpaired) electrons. The molecular weight excluding hydrogens is 198 g/mol. The van der Waals surface area contributed by atoms with E-state index in [0.717, 1.165) is 12.8 Å². The molecule has 2 unspecified atom stereocenters. The molecule has 3 nitrogen and oxygen atoms in total. The van der Waals surface area contributed by atoms with Crippen molar-refractivity contribution in [1.29, 1.82) is 0 Å². The summed E-state index contributed by atoms with van der Waals surface area (Å²) in [6.45, 7) is 4.91. The molecule has 2 atom stereocenters. The summed E-state index contributed by atoms with van der Waals surface area (Å²) in [5.41, 5.74) is -0.0415. The molecule has 1 fully saturated rings. The van der Waals surface area contributed by atoms with Gasteiger partial charge < -0.3 is 0 Å². The lowest BCUT2D eigenvalue weighted by Crippen LogP contribution is -2.73. The molecule has 1 saturated heterocycles. The van der Waals surface area contributed by atoms with E-state index in [4.69, 9.17) is 0 Å². The molecule has 2 rings (SSSR count). The predicted molar refractivity (Wildman–Crippen MR) is 56.4 cm³/mol. The van der Waals surface area contributed by atoms with Gasteiger partial charge in [-0.2, -0.15) is 4.31 Å². The number of hydrogen-bond acceptors (Lipinski definition) is 2.